The van der Waals surface area contributed by atoms with Gasteiger partial charge in [-0.25, -0.2) is 9.78 Å². The molecule has 1 N–H and O–H groups in total. The Morgan fingerprint density at radius 3 is 2.32 bits per heavy atom. The van der Waals surface area contributed by atoms with Gasteiger partial charge >= 0.3 is 6.09 Å². The molecule has 9 heteroatoms. The first kappa shape index (κ1) is 29.8. The summed E-state index contributed by atoms with van der Waals surface area (Å²) in [6.45, 7) is 10.4. The van der Waals surface area contributed by atoms with Gasteiger partial charge in [0.05, 0.1) is 11.1 Å². The van der Waals surface area contributed by atoms with E-state index < -0.39 is 0 Å². The summed E-state index contributed by atoms with van der Waals surface area (Å²) in [4.78, 5) is 34.3. The zero-order chi connectivity index (χ0) is 30.7. The smallest absolute Gasteiger partial charge is 0.410 e. The zero-order valence-electron chi connectivity index (χ0n) is 25.7. The van der Waals surface area contributed by atoms with Crippen LogP contribution in [0.5, 0.6) is 5.75 Å². The van der Waals surface area contributed by atoms with E-state index in [4.69, 9.17) is 9.47 Å². The Morgan fingerprint density at radius 1 is 0.932 bits per heavy atom. The van der Waals surface area contributed by atoms with Crippen molar-refractivity contribution in [1.29, 1.82) is 0 Å². The van der Waals surface area contributed by atoms with Crippen molar-refractivity contribution >= 4 is 22.8 Å². The lowest BCUT2D eigenvalue weighted by atomic mass is 9.80. The maximum absolute atomic E-state index is 12.8. The quantitative estimate of drug-likeness (QED) is 0.282. The number of nitrogens with one attached hydrogen (secondary N) is 1. The Morgan fingerprint density at radius 2 is 1.64 bits per heavy atom. The third-order valence-corrected chi connectivity index (χ3v) is 9.05. The molecular weight excluding hydrogens is 554 g/mol. The third kappa shape index (κ3) is 6.07. The molecule has 4 heterocycles. The van der Waals surface area contributed by atoms with Crippen LogP contribution < -0.4 is 15.6 Å². The number of para-hydroxylation sites is 1. The van der Waals surface area contributed by atoms with Gasteiger partial charge in [-0.2, -0.15) is 0 Å². The van der Waals surface area contributed by atoms with Crippen LogP contribution in [0, 0.1) is 0 Å². The van der Waals surface area contributed by atoms with Gasteiger partial charge in [0.25, 0.3) is 5.56 Å². The minimum atomic E-state index is -0.295. The van der Waals surface area contributed by atoms with E-state index >= 15 is 0 Å². The largest absolute Gasteiger partial charge is 0.415 e. The summed E-state index contributed by atoms with van der Waals surface area (Å²) in [5.41, 5.74) is 3.16. The lowest BCUT2D eigenvalue weighted by Crippen LogP contribution is -2.58. The normalized spacial score (nSPS) is 17.9. The highest BCUT2D eigenvalue weighted by molar-refractivity contribution is 5.80. The molecule has 2 aromatic heterocycles. The van der Waals surface area contributed by atoms with Gasteiger partial charge < -0.3 is 24.3 Å². The molecule has 0 aliphatic carbocycles. The maximum atomic E-state index is 12.8. The highest BCUT2D eigenvalue weighted by Gasteiger charge is 2.42. The summed E-state index contributed by atoms with van der Waals surface area (Å²) in [7, 11) is 0. The van der Waals surface area contributed by atoms with Crippen molar-refractivity contribution in [2.45, 2.75) is 51.2 Å². The molecule has 4 aromatic rings. The fraction of sp³-hybridized carbons (Fsp3) is 0.400. The summed E-state index contributed by atoms with van der Waals surface area (Å²) in [5.74, 6) is 1.30. The van der Waals surface area contributed by atoms with Gasteiger partial charge in [-0.1, -0.05) is 42.5 Å². The van der Waals surface area contributed by atoms with E-state index in [1.54, 1.807) is 27.7 Å². The number of carbonyl (C=O) groups excluding carboxylic acids is 1. The van der Waals surface area contributed by atoms with Crippen molar-refractivity contribution in [3.63, 3.8) is 0 Å². The monoisotopic (exact) mass is 595 g/mol. The predicted molar refractivity (Wildman–Crippen MR) is 172 cm³/mol. The second kappa shape index (κ2) is 12.8. The summed E-state index contributed by atoms with van der Waals surface area (Å²) >= 11 is 0. The van der Waals surface area contributed by atoms with Crippen LogP contribution >= 0.6 is 0 Å². The van der Waals surface area contributed by atoms with Crippen molar-refractivity contribution in [2.24, 2.45) is 0 Å². The summed E-state index contributed by atoms with van der Waals surface area (Å²) in [6.07, 6.45) is 3.35. The fourth-order valence-electron chi connectivity index (χ4n) is 6.62. The van der Waals surface area contributed by atoms with E-state index in [0.717, 1.165) is 48.2 Å². The number of benzene rings is 2. The van der Waals surface area contributed by atoms with Crippen LogP contribution in [0.25, 0.3) is 10.9 Å². The summed E-state index contributed by atoms with van der Waals surface area (Å²) < 4.78 is 13.2. The van der Waals surface area contributed by atoms with E-state index in [1.165, 1.54) is 5.56 Å². The van der Waals surface area contributed by atoms with Crippen LogP contribution in [-0.2, 0) is 10.3 Å². The van der Waals surface area contributed by atoms with Crippen LogP contribution in [0.4, 0.5) is 10.6 Å². The van der Waals surface area contributed by atoms with Crippen LogP contribution in [-0.4, -0.2) is 64.8 Å². The second-order valence-corrected chi connectivity index (χ2v) is 12.1. The van der Waals surface area contributed by atoms with Crippen LogP contribution in [0.15, 0.2) is 83.8 Å². The van der Waals surface area contributed by atoms with Crippen molar-refractivity contribution in [2.75, 3.05) is 44.7 Å². The van der Waals surface area contributed by atoms with Gasteiger partial charge in [-0.05, 0) is 62.9 Å². The molecule has 0 unspecified atom stereocenters. The first-order valence-electron chi connectivity index (χ1n) is 15.6. The average Bonchev–Trinajstić information content (AvgIpc) is 3.05. The van der Waals surface area contributed by atoms with Crippen LogP contribution in [0.2, 0.25) is 0 Å². The molecule has 2 aliphatic rings. The molecule has 1 atom stereocenters. The van der Waals surface area contributed by atoms with Crippen molar-refractivity contribution < 1.29 is 14.3 Å². The minimum Gasteiger partial charge on any atom is -0.410 e. The fourth-order valence-corrected chi connectivity index (χ4v) is 6.62. The summed E-state index contributed by atoms with van der Waals surface area (Å²) in [5, 5.41) is 4.48. The Hall–Kier alpha value is -4.21. The average molecular weight is 596 g/mol. The van der Waals surface area contributed by atoms with Gasteiger partial charge in [-0.15, -0.1) is 0 Å². The lowest BCUT2D eigenvalue weighted by Gasteiger charge is -2.49. The number of hydrogen-bond acceptors (Lipinski definition) is 7. The number of rotatable bonds is 7. The number of pyridine rings is 2. The standard InChI is InChI=1S/C35H41N5O4/c1-25(2)40-31-23-32(36-24-28(31)11-14-33(40)41)37-26(3)27-9-12-29(13-10-27)35(15-21-43-22-16-35)39-19-17-38(18-20-39)34(42)44-30-7-5-4-6-8-30/h4-14,23-26H,15-22H2,1-3H3,(H,36,37)/t26-/m0/s1. The molecular formula is C35H41N5O4. The molecule has 2 saturated heterocycles. The van der Waals surface area contributed by atoms with Crippen LogP contribution in [0.3, 0.4) is 0 Å². The molecule has 0 bridgehead atoms. The van der Waals surface area contributed by atoms with Gasteiger partial charge in [0, 0.05) is 75.2 Å². The number of nitrogens with zero attached hydrogens (tertiary/aromatic N) is 4. The molecule has 44 heavy (non-hydrogen) atoms. The van der Waals surface area contributed by atoms with Crippen molar-refractivity contribution in [3.05, 3.63) is 100 Å². The number of aromatic nitrogens is 2. The maximum Gasteiger partial charge on any atom is 0.415 e. The van der Waals surface area contributed by atoms with E-state index in [-0.39, 0.29) is 29.3 Å². The number of anilines is 1. The van der Waals surface area contributed by atoms with Gasteiger partial charge in [0.15, 0.2) is 0 Å². The Bertz CT molecular complexity index is 1640. The molecule has 2 aliphatic heterocycles. The number of ether oxygens (including phenoxy) is 2. The van der Waals surface area contributed by atoms with Gasteiger partial charge in [0.1, 0.15) is 11.6 Å². The number of hydrogen-bond donors (Lipinski definition) is 1. The lowest BCUT2D eigenvalue weighted by molar-refractivity contribution is -0.0483. The first-order valence-corrected chi connectivity index (χ1v) is 15.6. The third-order valence-electron chi connectivity index (χ3n) is 9.05. The number of carbonyl (C=O) groups is 1. The molecule has 0 radical (unpaired) electrons. The number of fused-ring (bicyclic) bond motifs is 1. The van der Waals surface area contributed by atoms with E-state index in [2.05, 4.69) is 46.4 Å². The van der Waals surface area contributed by atoms with E-state index in [0.29, 0.717) is 32.1 Å². The van der Waals surface area contributed by atoms with Gasteiger partial charge in [0.2, 0.25) is 0 Å². The Labute approximate surface area is 258 Å². The molecule has 230 valence electrons. The first-order chi connectivity index (χ1) is 21.3. The Balaban J connectivity index is 1.15. The Kier molecular flexibility index (Phi) is 8.68. The predicted octanol–water partition coefficient (Wildman–Crippen LogP) is 5.97. The zero-order valence-corrected chi connectivity index (χ0v) is 25.7. The molecule has 6 rings (SSSR count). The molecule has 0 spiro atoms. The van der Waals surface area contributed by atoms with Crippen molar-refractivity contribution in [3.8, 4) is 5.75 Å². The molecule has 9 nitrogen and oxygen atoms in total. The molecule has 2 fully saturated rings. The molecule has 1 amide bonds. The highest BCUT2D eigenvalue weighted by Crippen LogP contribution is 2.39. The minimum absolute atomic E-state index is 0.0103. The van der Waals surface area contributed by atoms with Gasteiger partial charge in [-0.3, -0.25) is 9.69 Å². The SMILES string of the molecule is CC(C)n1c(=O)ccc2cnc(N[C@@H](C)c3ccc(C4(N5CCN(C(=O)Oc6ccccc6)CC5)CCOCC4)cc3)cc21. The number of piperazine rings is 1. The summed E-state index contributed by atoms with van der Waals surface area (Å²) in [6, 6.07) is 23.6. The topological polar surface area (TPSA) is 88.9 Å². The highest BCUT2D eigenvalue weighted by atomic mass is 16.6. The van der Waals surface area contributed by atoms with Crippen LogP contribution in [0.1, 0.15) is 56.8 Å². The van der Waals surface area contributed by atoms with Crippen molar-refractivity contribution in [1.82, 2.24) is 19.4 Å². The molecule has 2 aromatic carbocycles. The van der Waals surface area contributed by atoms with E-state index in [9.17, 15) is 9.59 Å². The second-order valence-electron chi connectivity index (χ2n) is 12.1. The van der Waals surface area contributed by atoms with E-state index in [1.807, 2.05) is 50.4 Å². The number of amides is 1. The molecule has 0 saturated carbocycles.